The number of nitrogens with zero attached hydrogens (tertiary/aromatic N) is 1. The zero-order valence-corrected chi connectivity index (χ0v) is 10.3. The van der Waals surface area contributed by atoms with Gasteiger partial charge in [0, 0.05) is 19.3 Å². The topological polar surface area (TPSA) is 15.3 Å². The van der Waals surface area contributed by atoms with Crippen molar-refractivity contribution in [2.45, 2.75) is 20.3 Å². The molecule has 0 saturated heterocycles. The van der Waals surface area contributed by atoms with Gasteiger partial charge in [-0.05, 0) is 51.1 Å². The minimum Gasteiger partial charge on any atom is -0.374 e. The standard InChI is InChI=1S/C13H22N2/c1-11-6-7-12(2)13(10-11)15(4)9-5-8-14-3/h6-7,10,14H,5,8-9H2,1-4H3. The maximum absolute atomic E-state index is 3.17. The van der Waals surface area contributed by atoms with Crippen molar-refractivity contribution >= 4 is 5.69 Å². The van der Waals surface area contributed by atoms with Gasteiger partial charge in [0.25, 0.3) is 0 Å². The minimum atomic E-state index is 1.08. The van der Waals surface area contributed by atoms with E-state index in [1.54, 1.807) is 0 Å². The van der Waals surface area contributed by atoms with E-state index in [1.165, 1.54) is 23.2 Å². The van der Waals surface area contributed by atoms with Crippen LogP contribution in [0.1, 0.15) is 17.5 Å². The van der Waals surface area contributed by atoms with Crippen LogP contribution in [0, 0.1) is 13.8 Å². The number of benzene rings is 1. The van der Waals surface area contributed by atoms with Gasteiger partial charge in [-0.25, -0.2) is 0 Å². The molecule has 0 atom stereocenters. The zero-order valence-electron chi connectivity index (χ0n) is 10.3. The van der Waals surface area contributed by atoms with Gasteiger partial charge in [0.2, 0.25) is 0 Å². The van der Waals surface area contributed by atoms with E-state index in [9.17, 15) is 0 Å². The fraction of sp³-hybridized carbons (Fsp3) is 0.538. The third-order valence-electron chi connectivity index (χ3n) is 2.70. The van der Waals surface area contributed by atoms with Gasteiger partial charge in [0.1, 0.15) is 0 Å². The lowest BCUT2D eigenvalue weighted by molar-refractivity contribution is 0.712. The smallest absolute Gasteiger partial charge is 0.0395 e. The molecule has 0 saturated carbocycles. The molecular weight excluding hydrogens is 184 g/mol. The first-order valence-electron chi connectivity index (χ1n) is 5.58. The van der Waals surface area contributed by atoms with E-state index in [-0.39, 0.29) is 0 Å². The third-order valence-corrected chi connectivity index (χ3v) is 2.70. The van der Waals surface area contributed by atoms with Crippen molar-refractivity contribution in [3.05, 3.63) is 29.3 Å². The second kappa shape index (κ2) is 5.76. The van der Waals surface area contributed by atoms with E-state index in [1.807, 2.05) is 7.05 Å². The van der Waals surface area contributed by atoms with Crippen molar-refractivity contribution < 1.29 is 0 Å². The van der Waals surface area contributed by atoms with Crippen LogP contribution in [0.4, 0.5) is 5.69 Å². The van der Waals surface area contributed by atoms with Gasteiger partial charge in [-0.3, -0.25) is 0 Å². The first-order chi connectivity index (χ1) is 7.15. The number of hydrogen-bond donors (Lipinski definition) is 1. The first-order valence-corrected chi connectivity index (χ1v) is 5.58. The predicted octanol–water partition coefficient (Wildman–Crippen LogP) is 2.35. The molecule has 0 fully saturated rings. The van der Waals surface area contributed by atoms with Gasteiger partial charge in [-0.2, -0.15) is 0 Å². The fourth-order valence-corrected chi connectivity index (χ4v) is 1.74. The van der Waals surface area contributed by atoms with E-state index in [0.717, 1.165) is 13.1 Å². The quantitative estimate of drug-likeness (QED) is 0.744. The SMILES string of the molecule is CNCCCN(C)c1cc(C)ccc1C. The molecule has 0 aliphatic carbocycles. The van der Waals surface area contributed by atoms with Crippen molar-refractivity contribution in [3.63, 3.8) is 0 Å². The highest BCUT2D eigenvalue weighted by Crippen LogP contribution is 2.20. The summed E-state index contributed by atoms with van der Waals surface area (Å²) in [7, 11) is 4.16. The molecule has 1 N–H and O–H groups in total. The summed E-state index contributed by atoms with van der Waals surface area (Å²) in [6, 6.07) is 6.62. The Hall–Kier alpha value is -1.02. The highest BCUT2D eigenvalue weighted by atomic mass is 15.1. The molecule has 84 valence electrons. The van der Waals surface area contributed by atoms with Crippen LogP contribution < -0.4 is 10.2 Å². The van der Waals surface area contributed by atoms with Crippen LogP contribution in [0.5, 0.6) is 0 Å². The molecule has 0 bridgehead atoms. The van der Waals surface area contributed by atoms with Crippen molar-refractivity contribution in [2.75, 3.05) is 32.1 Å². The van der Waals surface area contributed by atoms with E-state index in [2.05, 4.69) is 49.3 Å². The molecule has 0 aliphatic rings. The summed E-state index contributed by atoms with van der Waals surface area (Å²) < 4.78 is 0. The van der Waals surface area contributed by atoms with Crippen LogP contribution in [0.3, 0.4) is 0 Å². The molecule has 2 nitrogen and oxygen atoms in total. The molecule has 0 amide bonds. The normalized spacial score (nSPS) is 10.4. The molecular formula is C13H22N2. The van der Waals surface area contributed by atoms with E-state index in [4.69, 9.17) is 0 Å². The number of nitrogens with one attached hydrogen (secondary N) is 1. The van der Waals surface area contributed by atoms with E-state index < -0.39 is 0 Å². The van der Waals surface area contributed by atoms with Gasteiger partial charge in [-0.1, -0.05) is 12.1 Å². The highest BCUT2D eigenvalue weighted by molar-refractivity contribution is 5.54. The Morgan fingerprint density at radius 3 is 2.67 bits per heavy atom. The molecule has 0 aromatic heterocycles. The second-order valence-electron chi connectivity index (χ2n) is 4.17. The maximum atomic E-state index is 3.17. The largest absolute Gasteiger partial charge is 0.374 e. The van der Waals surface area contributed by atoms with Crippen molar-refractivity contribution in [2.24, 2.45) is 0 Å². The average Bonchev–Trinajstić information content (AvgIpc) is 2.22. The van der Waals surface area contributed by atoms with Gasteiger partial charge in [-0.15, -0.1) is 0 Å². The zero-order chi connectivity index (χ0) is 11.3. The van der Waals surface area contributed by atoms with Gasteiger partial charge in [0.05, 0.1) is 0 Å². The number of rotatable bonds is 5. The molecule has 1 aromatic rings. The molecule has 2 heteroatoms. The molecule has 15 heavy (non-hydrogen) atoms. The molecule has 0 radical (unpaired) electrons. The monoisotopic (exact) mass is 206 g/mol. The minimum absolute atomic E-state index is 1.08. The highest BCUT2D eigenvalue weighted by Gasteiger charge is 2.03. The summed E-state index contributed by atoms with van der Waals surface area (Å²) >= 11 is 0. The Labute approximate surface area is 93.3 Å². The summed E-state index contributed by atoms with van der Waals surface area (Å²) in [6.07, 6.45) is 1.18. The summed E-state index contributed by atoms with van der Waals surface area (Å²) in [4.78, 5) is 2.33. The van der Waals surface area contributed by atoms with Crippen LogP contribution in [0.2, 0.25) is 0 Å². The lowest BCUT2D eigenvalue weighted by atomic mass is 10.1. The van der Waals surface area contributed by atoms with Crippen molar-refractivity contribution in [3.8, 4) is 0 Å². The van der Waals surface area contributed by atoms with E-state index >= 15 is 0 Å². The Morgan fingerprint density at radius 1 is 1.27 bits per heavy atom. The second-order valence-corrected chi connectivity index (χ2v) is 4.17. The Bertz CT molecular complexity index is 307. The molecule has 0 heterocycles. The predicted molar refractivity (Wildman–Crippen MR) is 67.7 cm³/mol. The van der Waals surface area contributed by atoms with E-state index in [0.29, 0.717) is 0 Å². The maximum Gasteiger partial charge on any atom is 0.0395 e. The van der Waals surface area contributed by atoms with Crippen LogP contribution in [-0.4, -0.2) is 27.2 Å². The van der Waals surface area contributed by atoms with Crippen LogP contribution in [0.15, 0.2) is 18.2 Å². The van der Waals surface area contributed by atoms with Crippen molar-refractivity contribution in [1.82, 2.24) is 5.32 Å². The summed E-state index contributed by atoms with van der Waals surface area (Å²) in [5, 5.41) is 3.17. The number of hydrogen-bond acceptors (Lipinski definition) is 2. The van der Waals surface area contributed by atoms with Gasteiger partial charge >= 0.3 is 0 Å². The number of anilines is 1. The third kappa shape index (κ3) is 3.56. The Morgan fingerprint density at radius 2 is 2.00 bits per heavy atom. The van der Waals surface area contributed by atoms with Gasteiger partial charge < -0.3 is 10.2 Å². The summed E-state index contributed by atoms with van der Waals surface area (Å²) in [6.45, 7) is 6.49. The molecule has 0 aliphatic heterocycles. The number of aryl methyl sites for hydroxylation is 2. The van der Waals surface area contributed by atoms with Gasteiger partial charge in [0.15, 0.2) is 0 Å². The van der Waals surface area contributed by atoms with Crippen LogP contribution >= 0.6 is 0 Å². The first kappa shape index (κ1) is 12.1. The molecule has 1 rings (SSSR count). The lowest BCUT2D eigenvalue weighted by Gasteiger charge is -2.21. The Kier molecular flexibility index (Phi) is 4.63. The average molecular weight is 206 g/mol. The van der Waals surface area contributed by atoms with Crippen LogP contribution in [0.25, 0.3) is 0 Å². The molecule has 0 unspecified atom stereocenters. The van der Waals surface area contributed by atoms with Crippen LogP contribution in [-0.2, 0) is 0 Å². The lowest BCUT2D eigenvalue weighted by Crippen LogP contribution is -2.22. The molecule has 0 spiro atoms. The fourth-order valence-electron chi connectivity index (χ4n) is 1.74. The summed E-state index contributed by atoms with van der Waals surface area (Å²) in [5.41, 5.74) is 4.04. The van der Waals surface area contributed by atoms with Crippen molar-refractivity contribution in [1.29, 1.82) is 0 Å². The Balaban J connectivity index is 2.64. The summed E-state index contributed by atoms with van der Waals surface area (Å²) in [5.74, 6) is 0. The molecule has 1 aromatic carbocycles.